The maximum Gasteiger partial charge on any atom is 0.103 e. The van der Waals surface area contributed by atoms with E-state index in [1.165, 1.54) is 19.3 Å². The van der Waals surface area contributed by atoms with Crippen molar-refractivity contribution in [1.82, 2.24) is 10.4 Å². The van der Waals surface area contributed by atoms with Crippen molar-refractivity contribution in [2.24, 2.45) is 0 Å². The van der Waals surface area contributed by atoms with Crippen molar-refractivity contribution in [3.8, 4) is 0 Å². The molecule has 2 nitrogen and oxygen atoms in total. The Hall–Kier alpha value is -0.150. The number of piperidine rings is 1. The van der Waals surface area contributed by atoms with Gasteiger partial charge in [-0.25, -0.2) is 9.40 Å². The Labute approximate surface area is 74.1 Å². The van der Waals surface area contributed by atoms with E-state index in [0.717, 1.165) is 0 Å². The fourth-order valence-electron chi connectivity index (χ4n) is 1.90. The number of hydrazine groups is 1. The molecule has 1 aliphatic heterocycles. The van der Waals surface area contributed by atoms with E-state index in [1.54, 1.807) is 0 Å². The molecule has 12 heavy (non-hydrogen) atoms. The molecule has 1 rings (SSSR count). The molecule has 1 aliphatic rings. The standard InChI is InChI=1S/C9H19FN2/c1-8-4-3-5-9(2)12(8)11-7-6-10/h8-9,11H,3-7H2,1-2H3. The van der Waals surface area contributed by atoms with Gasteiger partial charge in [-0.15, -0.1) is 0 Å². The van der Waals surface area contributed by atoms with Crippen molar-refractivity contribution in [3.63, 3.8) is 0 Å². The second-order valence-corrected chi connectivity index (χ2v) is 3.63. The van der Waals surface area contributed by atoms with Gasteiger partial charge in [-0.05, 0) is 26.7 Å². The summed E-state index contributed by atoms with van der Waals surface area (Å²) in [6.45, 7) is 4.56. The van der Waals surface area contributed by atoms with Gasteiger partial charge < -0.3 is 0 Å². The Kier molecular flexibility index (Phi) is 3.95. The molecule has 72 valence electrons. The van der Waals surface area contributed by atoms with Gasteiger partial charge in [-0.3, -0.25) is 5.43 Å². The lowest BCUT2D eigenvalue weighted by Crippen LogP contribution is -2.52. The monoisotopic (exact) mass is 174 g/mol. The first-order chi connectivity index (χ1) is 5.75. The first-order valence-corrected chi connectivity index (χ1v) is 4.83. The zero-order valence-electron chi connectivity index (χ0n) is 8.02. The van der Waals surface area contributed by atoms with Crippen molar-refractivity contribution in [2.45, 2.75) is 45.2 Å². The van der Waals surface area contributed by atoms with E-state index in [1.807, 2.05) is 0 Å². The lowest BCUT2D eigenvalue weighted by atomic mass is 10.00. The minimum atomic E-state index is -0.282. The summed E-state index contributed by atoms with van der Waals surface area (Å²) in [6.07, 6.45) is 3.75. The molecule has 0 aromatic rings. The zero-order valence-corrected chi connectivity index (χ0v) is 8.02. The summed E-state index contributed by atoms with van der Waals surface area (Å²) < 4.78 is 11.9. The molecule has 0 aromatic heterocycles. The van der Waals surface area contributed by atoms with E-state index < -0.39 is 0 Å². The van der Waals surface area contributed by atoms with Crippen LogP contribution in [0.5, 0.6) is 0 Å². The highest BCUT2D eigenvalue weighted by Gasteiger charge is 2.23. The van der Waals surface area contributed by atoms with Crippen LogP contribution in [0.4, 0.5) is 4.39 Å². The topological polar surface area (TPSA) is 15.3 Å². The van der Waals surface area contributed by atoms with E-state index in [4.69, 9.17) is 0 Å². The molecule has 0 saturated carbocycles. The third kappa shape index (κ3) is 2.42. The first-order valence-electron chi connectivity index (χ1n) is 4.83. The van der Waals surface area contributed by atoms with Crippen LogP contribution in [0.15, 0.2) is 0 Å². The number of nitrogens with one attached hydrogen (secondary N) is 1. The van der Waals surface area contributed by atoms with Crippen molar-refractivity contribution >= 4 is 0 Å². The summed E-state index contributed by atoms with van der Waals surface area (Å²) in [5, 5.41) is 2.20. The van der Waals surface area contributed by atoms with Gasteiger partial charge in [0.05, 0.1) is 0 Å². The highest BCUT2D eigenvalue weighted by molar-refractivity contribution is 4.76. The van der Waals surface area contributed by atoms with E-state index in [2.05, 4.69) is 24.3 Å². The molecule has 0 radical (unpaired) electrons. The normalized spacial score (nSPS) is 32.2. The van der Waals surface area contributed by atoms with Gasteiger partial charge in [0.2, 0.25) is 0 Å². The summed E-state index contributed by atoms with van der Waals surface area (Å²) in [5.74, 6) is 0. The summed E-state index contributed by atoms with van der Waals surface area (Å²) in [5.41, 5.74) is 3.13. The Morgan fingerprint density at radius 3 is 2.42 bits per heavy atom. The lowest BCUT2D eigenvalue weighted by Gasteiger charge is -2.38. The molecular formula is C9H19FN2. The number of hydrogen-bond acceptors (Lipinski definition) is 2. The van der Waals surface area contributed by atoms with Gasteiger partial charge in [0, 0.05) is 18.6 Å². The van der Waals surface area contributed by atoms with E-state index in [0.29, 0.717) is 18.6 Å². The highest BCUT2D eigenvalue weighted by Crippen LogP contribution is 2.19. The van der Waals surface area contributed by atoms with Crippen molar-refractivity contribution < 1.29 is 4.39 Å². The molecular weight excluding hydrogens is 155 g/mol. The van der Waals surface area contributed by atoms with E-state index in [-0.39, 0.29) is 6.67 Å². The van der Waals surface area contributed by atoms with Gasteiger partial charge in [0.15, 0.2) is 0 Å². The van der Waals surface area contributed by atoms with Crippen molar-refractivity contribution in [1.29, 1.82) is 0 Å². The van der Waals surface area contributed by atoms with Crippen molar-refractivity contribution in [2.75, 3.05) is 13.2 Å². The molecule has 0 bridgehead atoms. The first kappa shape index (κ1) is 9.93. The van der Waals surface area contributed by atoms with Gasteiger partial charge in [-0.1, -0.05) is 6.42 Å². The molecule has 0 aliphatic carbocycles. The second-order valence-electron chi connectivity index (χ2n) is 3.63. The summed E-state index contributed by atoms with van der Waals surface area (Å²) in [4.78, 5) is 0. The van der Waals surface area contributed by atoms with Crippen LogP contribution in [0.1, 0.15) is 33.1 Å². The maximum absolute atomic E-state index is 11.9. The number of rotatable bonds is 3. The number of hydrogen-bond donors (Lipinski definition) is 1. The summed E-state index contributed by atoms with van der Waals surface area (Å²) in [7, 11) is 0. The quantitative estimate of drug-likeness (QED) is 0.701. The number of nitrogens with zero attached hydrogens (tertiary/aromatic N) is 1. The van der Waals surface area contributed by atoms with E-state index in [9.17, 15) is 4.39 Å². The molecule has 0 amide bonds. The molecule has 1 fully saturated rings. The molecule has 2 unspecified atom stereocenters. The van der Waals surface area contributed by atoms with Crippen LogP contribution >= 0.6 is 0 Å². The van der Waals surface area contributed by atoms with E-state index >= 15 is 0 Å². The summed E-state index contributed by atoms with van der Waals surface area (Å²) in [6, 6.07) is 1.11. The second kappa shape index (κ2) is 4.77. The fourth-order valence-corrected chi connectivity index (χ4v) is 1.90. The van der Waals surface area contributed by atoms with Crippen LogP contribution in [-0.2, 0) is 0 Å². The minimum Gasteiger partial charge on any atom is -0.252 e. The number of halogens is 1. The van der Waals surface area contributed by atoms with Crippen LogP contribution in [0.25, 0.3) is 0 Å². The zero-order chi connectivity index (χ0) is 8.97. The fraction of sp³-hybridized carbons (Fsp3) is 1.00. The average Bonchev–Trinajstić information content (AvgIpc) is 2.04. The largest absolute Gasteiger partial charge is 0.252 e. The van der Waals surface area contributed by atoms with Gasteiger partial charge in [-0.2, -0.15) is 0 Å². The molecule has 1 heterocycles. The molecule has 3 heteroatoms. The minimum absolute atomic E-state index is 0.282. The van der Waals surface area contributed by atoms with Crippen LogP contribution in [0.2, 0.25) is 0 Å². The van der Waals surface area contributed by atoms with Gasteiger partial charge >= 0.3 is 0 Å². The van der Waals surface area contributed by atoms with Crippen LogP contribution in [-0.4, -0.2) is 30.3 Å². The smallest absolute Gasteiger partial charge is 0.103 e. The van der Waals surface area contributed by atoms with Crippen LogP contribution < -0.4 is 5.43 Å². The van der Waals surface area contributed by atoms with Gasteiger partial charge in [0.1, 0.15) is 6.67 Å². The Morgan fingerprint density at radius 2 is 1.92 bits per heavy atom. The molecule has 1 N–H and O–H groups in total. The Bertz CT molecular complexity index is 120. The third-order valence-corrected chi connectivity index (χ3v) is 2.58. The highest BCUT2D eigenvalue weighted by atomic mass is 19.1. The molecule has 2 atom stereocenters. The SMILES string of the molecule is CC1CCCC(C)N1NCCF. The maximum atomic E-state index is 11.9. The van der Waals surface area contributed by atoms with Crippen LogP contribution in [0, 0.1) is 0 Å². The average molecular weight is 174 g/mol. The number of alkyl halides is 1. The van der Waals surface area contributed by atoms with Crippen LogP contribution in [0.3, 0.4) is 0 Å². The molecule has 1 saturated heterocycles. The van der Waals surface area contributed by atoms with Crippen molar-refractivity contribution in [3.05, 3.63) is 0 Å². The predicted molar refractivity (Wildman–Crippen MR) is 48.6 cm³/mol. The predicted octanol–water partition coefficient (Wildman–Crippen LogP) is 1.72. The molecule has 0 aromatic carbocycles. The Balaban J connectivity index is 2.34. The summed E-state index contributed by atoms with van der Waals surface area (Å²) >= 11 is 0. The van der Waals surface area contributed by atoms with Gasteiger partial charge in [0.25, 0.3) is 0 Å². The Morgan fingerprint density at radius 1 is 1.33 bits per heavy atom. The lowest BCUT2D eigenvalue weighted by molar-refractivity contribution is 0.0445. The third-order valence-electron chi connectivity index (χ3n) is 2.58. The molecule has 0 spiro atoms.